The molecule has 0 aromatic carbocycles. The van der Waals surface area contributed by atoms with E-state index in [2.05, 4.69) is 10.3 Å². The number of carbonyl (C=O) groups is 1. The van der Waals surface area contributed by atoms with Gasteiger partial charge in [0.1, 0.15) is 5.82 Å². The van der Waals surface area contributed by atoms with Gasteiger partial charge in [-0.25, -0.2) is 9.78 Å². The van der Waals surface area contributed by atoms with Gasteiger partial charge in [0.05, 0.1) is 0 Å². The zero-order valence-electron chi connectivity index (χ0n) is 9.45. The van der Waals surface area contributed by atoms with Gasteiger partial charge in [-0.3, -0.25) is 4.90 Å². The Morgan fingerprint density at radius 2 is 2.27 bits per heavy atom. The van der Waals surface area contributed by atoms with Crippen LogP contribution < -0.4 is 10.2 Å². The number of nitrogens with one attached hydrogen (secondary N) is 1. The van der Waals surface area contributed by atoms with Crippen molar-refractivity contribution >= 4 is 11.8 Å². The van der Waals surface area contributed by atoms with Gasteiger partial charge in [0.25, 0.3) is 0 Å². The van der Waals surface area contributed by atoms with Crippen molar-refractivity contribution in [3.63, 3.8) is 0 Å². The summed E-state index contributed by atoms with van der Waals surface area (Å²) in [6, 6.07) is 3.65. The lowest BCUT2D eigenvalue weighted by molar-refractivity contribution is 0.247. The molecule has 0 unspecified atom stereocenters. The number of amides is 2. The number of aryl methyl sites for hydroxylation is 1. The summed E-state index contributed by atoms with van der Waals surface area (Å²) >= 11 is 0. The van der Waals surface area contributed by atoms with E-state index in [1.807, 2.05) is 26.0 Å². The summed E-state index contributed by atoms with van der Waals surface area (Å²) in [5, 5.41) is 2.79. The van der Waals surface area contributed by atoms with Crippen LogP contribution in [0, 0.1) is 6.92 Å². The lowest BCUT2D eigenvalue weighted by Gasteiger charge is -2.16. The highest BCUT2D eigenvalue weighted by molar-refractivity contribution is 5.90. The Bertz CT molecular complexity index is 321. The van der Waals surface area contributed by atoms with Gasteiger partial charge < -0.3 is 5.32 Å². The van der Waals surface area contributed by atoms with E-state index in [0.29, 0.717) is 12.4 Å². The zero-order chi connectivity index (χ0) is 11.3. The number of aromatic nitrogens is 1. The molecule has 0 bridgehead atoms. The lowest BCUT2D eigenvalue weighted by atomic mass is 10.3. The highest BCUT2D eigenvalue weighted by Crippen LogP contribution is 2.08. The van der Waals surface area contributed by atoms with E-state index < -0.39 is 0 Å². The van der Waals surface area contributed by atoms with Crippen LogP contribution in [0.1, 0.15) is 18.9 Å². The third-order valence-corrected chi connectivity index (χ3v) is 2.07. The van der Waals surface area contributed by atoms with Crippen molar-refractivity contribution in [3.8, 4) is 0 Å². The van der Waals surface area contributed by atoms with Gasteiger partial charge in [-0.05, 0) is 25.0 Å². The van der Waals surface area contributed by atoms with Crippen molar-refractivity contribution in [2.45, 2.75) is 20.3 Å². The number of urea groups is 1. The van der Waals surface area contributed by atoms with Crippen molar-refractivity contribution in [2.75, 3.05) is 18.5 Å². The Kier molecular flexibility index (Phi) is 4.09. The highest BCUT2D eigenvalue weighted by atomic mass is 16.2. The van der Waals surface area contributed by atoms with Crippen LogP contribution in [0.4, 0.5) is 10.6 Å². The van der Waals surface area contributed by atoms with E-state index in [1.165, 1.54) is 4.90 Å². The Labute approximate surface area is 90.3 Å². The van der Waals surface area contributed by atoms with Gasteiger partial charge in [-0.1, -0.05) is 13.0 Å². The number of pyridine rings is 1. The van der Waals surface area contributed by atoms with E-state index in [9.17, 15) is 4.79 Å². The first-order valence-corrected chi connectivity index (χ1v) is 5.09. The fraction of sp³-hybridized carbons (Fsp3) is 0.455. The monoisotopic (exact) mass is 207 g/mol. The first-order chi connectivity index (χ1) is 7.15. The zero-order valence-corrected chi connectivity index (χ0v) is 9.45. The molecule has 0 atom stereocenters. The smallest absolute Gasteiger partial charge is 0.322 e. The average Bonchev–Trinajstić information content (AvgIpc) is 2.26. The summed E-state index contributed by atoms with van der Waals surface area (Å²) in [4.78, 5) is 17.2. The van der Waals surface area contributed by atoms with Crippen LogP contribution in [0.25, 0.3) is 0 Å². The van der Waals surface area contributed by atoms with Crippen molar-refractivity contribution < 1.29 is 4.79 Å². The van der Waals surface area contributed by atoms with Gasteiger partial charge in [0, 0.05) is 19.8 Å². The third-order valence-electron chi connectivity index (χ3n) is 2.07. The maximum atomic E-state index is 11.6. The summed E-state index contributed by atoms with van der Waals surface area (Å²) < 4.78 is 0. The molecule has 82 valence electrons. The number of rotatable bonds is 3. The first-order valence-electron chi connectivity index (χ1n) is 5.09. The molecule has 0 saturated carbocycles. The van der Waals surface area contributed by atoms with Crippen LogP contribution in [0.3, 0.4) is 0 Å². The van der Waals surface area contributed by atoms with Gasteiger partial charge in [0.15, 0.2) is 0 Å². The van der Waals surface area contributed by atoms with E-state index in [-0.39, 0.29) is 6.03 Å². The molecule has 0 aliphatic heterocycles. The second kappa shape index (κ2) is 5.34. The number of nitrogens with zero attached hydrogens (tertiary/aromatic N) is 2. The van der Waals surface area contributed by atoms with E-state index in [1.54, 1.807) is 13.2 Å². The Morgan fingerprint density at radius 1 is 1.53 bits per heavy atom. The van der Waals surface area contributed by atoms with Crippen LogP contribution in [-0.2, 0) is 0 Å². The van der Waals surface area contributed by atoms with Crippen LogP contribution >= 0.6 is 0 Å². The number of carbonyl (C=O) groups excluding carboxylic acids is 1. The lowest BCUT2D eigenvalue weighted by Crippen LogP contribution is -2.38. The van der Waals surface area contributed by atoms with Crippen molar-refractivity contribution in [1.29, 1.82) is 0 Å². The van der Waals surface area contributed by atoms with Crippen LogP contribution in [0.5, 0.6) is 0 Å². The van der Waals surface area contributed by atoms with Gasteiger partial charge >= 0.3 is 6.03 Å². The molecule has 0 fully saturated rings. The normalized spacial score (nSPS) is 9.80. The molecule has 0 spiro atoms. The molecule has 1 heterocycles. The average molecular weight is 207 g/mol. The second-order valence-electron chi connectivity index (χ2n) is 3.48. The Balaban J connectivity index is 2.63. The molecule has 0 saturated heterocycles. The van der Waals surface area contributed by atoms with Crippen LogP contribution in [-0.4, -0.2) is 24.6 Å². The second-order valence-corrected chi connectivity index (χ2v) is 3.48. The quantitative estimate of drug-likeness (QED) is 0.823. The molecule has 4 heteroatoms. The molecule has 2 amide bonds. The standard InChI is InChI=1S/C11H17N3O/c1-4-7-12-11(15)14(3)10-6-5-9(2)8-13-10/h5-6,8H,4,7H2,1-3H3,(H,12,15). The van der Waals surface area contributed by atoms with Crippen molar-refractivity contribution in [1.82, 2.24) is 10.3 Å². The van der Waals surface area contributed by atoms with Gasteiger partial charge in [-0.2, -0.15) is 0 Å². The first kappa shape index (κ1) is 11.5. The third kappa shape index (κ3) is 3.23. The molecule has 0 aliphatic rings. The summed E-state index contributed by atoms with van der Waals surface area (Å²) in [6.45, 7) is 4.67. The maximum absolute atomic E-state index is 11.6. The molecule has 15 heavy (non-hydrogen) atoms. The summed E-state index contributed by atoms with van der Waals surface area (Å²) in [7, 11) is 1.71. The minimum absolute atomic E-state index is 0.117. The van der Waals surface area contributed by atoms with Crippen molar-refractivity contribution in [3.05, 3.63) is 23.9 Å². The highest BCUT2D eigenvalue weighted by Gasteiger charge is 2.09. The fourth-order valence-electron chi connectivity index (χ4n) is 1.11. The largest absolute Gasteiger partial charge is 0.338 e. The molecule has 4 nitrogen and oxygen atoms in total. The van der Waals surface area contributed by atoms with E-state index in [0.717, 1.165) is 12.0 Å². The molecular formula is C11H17N3O. The summed E-state index contributed by atoms with van der Waals surface area (Å²) in [5.41, 5.74) is 1.08. The minimum atomic E-state index is -0.117. The summed E-state index contributed by atoms with van der Waals surface area (Å²) in [5.74, 6) is 0.661. The molecule has 1 rings (SSSR count). The number of hydrogen-bond acceptors (Lipinski definition) is 2. The number of hydrogen-bond donors (Lipinski definition) is 1. The predicted molar refractivity (Wildman–Crippen MR) is 61.1 cm³/mol. The molecule has 0 radical (unpaired) electrons. The van der Waals surface area contributed by atoms with E-state index in [4.69, 9.17) is 0 Å². The topological polar surface area (TPSA) is 45.2 Å². The summed E-state index contributed by atoms with van der Waals surface area (Å²) in [6.07, 6.45) is 2.68. The van der Waals surface area contributed by atoms with Gasteiger partial charge in [-0.15, -0.1) is 0 Å². The SMILES string of the molecule is CCCNC(=O)N(C)c1ccc(C)cn1. The van der Waals surface area contributed by atoms with Crippen LogP contribution in [0.15, 0.2) is 18.3 Å². The maximum Gasteiger partial charge on any atom is 0.322 e. The molecule has 1 aromatic heterocycles. The van der Waals surface area contributed by atoms with Gasteiger partial charge in [0.2, 0.25) is 0 Å². The van der Waals surface area contributed by atoms with Crippen molar-refractivity contribution in [2.24, 2.45) is 0 Å². The van der Waals surface area contributed by atoms with Crippen LogP contribution in [0.2, 0.25) is 0 Å². The van der Waals surface area contributed by atoms with E-state index >= 15 is 0 Å². The minimum Gasteiger partial charge on any atom is -0.338 e. The molecule has 1 N–H and O–H groups in total. The Morgan fingerprint density at radius 3 is 2.80 bits per heavy atom. The number of anilines is 1. The predicted octanol–water partition coefficient (Wildman–Crippen LogP) is 1.95. The molecule has 0 aliphatic carbocycles. The molecule has 1 aromatic rings. The Hall–Kier alpha value is -1.58. The molecular weight excluding hydrogens is 190 g/mol. The fourth-order valence-corrected chi connectivity index (χ4v) is 1.11.